The van der Waals surface area contributed by atoms with E-state index in [0.29, 0.717) is 5.69 Å². The molecule has 0 atom stereocenters. The van der Waals surface area contributed by atoms with Gasteiger partial charge in [-0.05, 0) is 25.3 Å². The van der Waals surface area contributed by atoms with E-state index in [-0.39, 0.29) is 17.5 Å². The molecular formula is C17H19N3O2S2. The Morgan fingerprint density at radius 3 is 2.54 bits per heavy atom. The molecule has 2 aromatic heterocycles. The van der Waals surface area contributed by atoms with Gasteiger partial charge in [-0.15, -0.1) is 11.3 Å². The highest BCUT2D eigenvalue weighted by Gasteiger charge is 2.24. The first-order valence-electron chi connectivity index (χ1n) is 7.64. The van der Waals surface area contributed by atoms with Crippen LogP contribution in [0.2, 0.25) is 0 Å². The first-order valence-corrected chi connectivity index (χ1v) is 10.0. The number of rotatable bonds is 6. The molecule has 0 unspecified atom stereocenters. The number of aromatic nitrogens is 2. The number of thiophene rings is 1. The average Bonchev–Trinajstić information content (AvgIpc) is 3.24. The van der Waals surface area contributed by atoms with Gasteiger partial charge in [0.05, 0.1) is 0 Å². The van der Waals surface area contributed by atoms with Crippen molar-refractivity contribution < 1.29 is 8.42 Å². The summed E-state index contributed by atoms with van der Waals surface area (Å²) in [6.45, 7) is 4.22. The van der Waals surface area contributed by atoms with Gasteiger partial charge in [0.15, 0.2) is 0 Å². The highest BCUT2D eigenvalue weighted by molar-refractivity contribution is 7.89. The minimum Gasteiger partial charge on any atom is -0.268 e. The molecule has 3 rings (SSSR count). The van der Waals surface area contributed by atoms with Crippen LogP contribution >= 0.6 is 11.3 Å². The van der Waals surface area contributed by atoms with Crippen LogP contribution in [-0.2, 0) is 16.6 Å². The molecule has 0 amide bonds. The van der Waals surface area contributed by atoms with E-state index in [2.05, 4.69) is 9.82 Å². The van der Waals surface area contributed by atoms with Crippen LogP contribution < -0.4 is 4.72 Å². The zero-order chi connectivity index (χ0) is 17.2. The smallest absolute Gasteiger partial charge is 0.244 e. The zero-order valence-corrected chi connectivity index (χ0v) is 15.1. The Morgan fingerprint density at radius 1 is 1.17 bits per heavy atom. The number of hydrogen-bond acceptors (Lipinski definition) is 4. The molecule has 7 heteroatoms. The van der Waals surface area contributed by atoms with Gasteiger partial charge in [-0.3, -0.25) is 4.68 Å². The van der Waals surface area contributed by atoms with Gasteiger partial charge in [0.25, 0.3) is 0 Å². The van der Waals surface area contributed by atoms with Gasteiger partial charge < -0.3 is 0 Å². The summed E-state index contributed by atoms with van der Waals surface area (Å²) < 4.78 is 29.9. The Labute approximate surface area is 146 Å². The monoisotopic (exact) mass is 361 g/mol. The van der Waals surface area contributed by atoms with Crippen molar-refractivity contribution in [3.63, 3.8) is 0 Å². The van der Waals surface area contributed by atoms with Gasteiger partial charge in [-0.2, -0.15) is 5.10 Å². The van der Waals surface area contributed by atoms with Crippen molar-refractivity contribution in [1.82, 2.24) is 14.5 Å². The molecule has 0 saturated carbocycles. The molecule has 0 saturated heterocycles. The zero-order valence-electron chi connectivity index (χ0n) is 13.5. The molecule has 0 aliphatic carbocycles. The molecule has 0 bridgehead atoms. The van der Waals surface area contributed by atoms with Crippen molar-refractivity contribution in [2.24, 2.45) is 0 Å². The standard InChI is InChI=1S/C17H19N3O2S2/c1-13(2)20-12-16(17(19-20)14-7-4-3-5-8-14)24(21,22)18-11-15-9-6-10-23-15/h3-10,12-13,18H,11H2,1-2H3. The van der Waals surface area contributed by atoms with E-state index in [1.807, 2.05) is 61.7 Å². The van der Waals surface area contributed by atoms with E-state index < -0.39 is 10.0 Å². The number of nitrogens with one attached hydrogen (secondary N) is 1. The van der Waals surface area contributed by atoms with E-state index in [1.165, 1.54) is 11.3 Å². The van der Waals surface area contributed by atoms with Crippen molar-refractivity contribution in [1.29, 1.82) is 0 Å². The summed E-state index contributed by atoms with van der Waals surface area (Å²) in [4.78, 5) is 1.18. The number of sulfonamides is 1. The molecule has 2 heterocycles. The Hall–Kier alpha value is -1.96. The summed E-state index contributed by atoms with van der Waals surface area (Å²) in [7, 11) is -3.65. The van der Waals surface area contributed by atoms with E-state index in [0.717, 1.165) is 10.4 Å². The van der Waals surface area contributed by atoms with E-state index in [9.17, 15) is 8.42 Å². The third kappa shape index (κ3) is 3.58. The Kier molecular flexibility index (Phi) is 4.84. The normalized spacial score (nSPS) is 12.0. The lowest BCUT2D eigenvalue weighted by atomic mass is 10.2. The van der Waals surface area contributed by atoms with Crippen LogP contribution in [0.3, 0.4) is 0 Å². The topological polar surface area (TPSA) is 64.0 Å². The first kappa shape index (κ1) is 16.9. The number of hydrogen-bond donors (Lipinski definition) is 1. The second-order valence-electron chi connectivity index (χ2n) is 5.69. The Bertz CT molecular complexity index is 899. The van der Waals surface area contributed by atoms with Gasteiger partial charge in [-0.1, -0.05) is 36.4 Å². The Morgan fingerprint density at radius 2 is 1.92 bits per heavy atom. The van der Waals surface area contributed by atoms with Gasteiger partial charge >= 0.3 is 0 Å². The fourth-order valence-corrected chi connectivity index (χ4v) is 4.19. The largest absolute Gasteiger partial charge is 0.268 e. The van der Waals surface area contributed by atoms with Gasteiger partial charge in [0.2, 0.25) is 10.0 Å². The predicted molar refractivity (Wildman–Crippen MR) is 96.4 cm³/mol. The molecule has 0 fully saturated rings. The molecule has 5 nitrogen and oxygen atoms in total. The molecule has 0 radical (unpaired) electrons. The van der Waals surface area contributed by atoms with Crippen LogP contribution in [0.1, 0.15) is 24.8 Å². The van der Waals surface area contributed by atoms with Crippen LogP contribution in [0.15, 0.2) is 58.9 Å². The van der Waals surface area contributed by atoms with E-state index in [1.54, 1.807) is 10.9 Å². The maximum atomic E-state index is 12.8. The molecule has 0 spiro atoms. The van der Waals surface area contributed by atoms with Crippen molar-refractivity contribution in [3.05, 3.63) is 58.9 Å². The molecule has 1 aromatic carbocycles. The van der Waals surface area contributed by atoms with Crippen LogP contribution in [0.5, 0.6) is 0 Å². The third-order valence-electron chi connectivity index (χ3n) is 3.58. The third-order valence-corrected chi connectivity index (χ3v) is 5.86. The van der Waals surface area contributed by atoms with E-state index >= 15 is 0 Å². The minimum absolute atomic E-state index is 0.0775. The van der Waals surface area contributed by atoms with Crippen LogP contribution in [0.25, 0.3) is 11.3 Å². The molecule has 0 aliphatic heterocycles. The van der Waals surface area contributed by atoms with Gasteiger partial charge in [0.1, 0.15) is 10.6 Å². The summed E-state index contributed by atoms with van der Waals surface area (Å²) in [5.74, 6) is 0. The summed E-state index contributed by atoms with van der Waals surface area (Å²) >= 11 is 1.52. The lowest BCUT2D eigenvalue weighted by molar-refractivity contribution is 0.532. The molecule has 0 aliphatic rings. The minimum atomic E-state index is -3.65. The first-order chi connectivity index (χ1) is 11.5. The predicted octanol–water partition coefficient (Wildman–Crippen LogP) is 3.67. The number of nitrogens with zero attached hydrogens (tertiary/aromatic N) is 2. The second kappa shape index (κ2) is 6.88. The van der Waals surface area contributed by atoms with E-state index in [4.69, 9.17) is 0 Å². The highest BCUT2D eigenvalue weighted by Crippen LogP contribution is 2.27. The van der Waals surface area contributed by atoms with Gasteiger partial charge in [0, 0.05) is 29.2 Å². The molecular weight excluding hydrogens is 342 g/mol. The molecule has 126 valence electrons. The van der Waals surface area contributed by atoms with Gasteiger partial charge in [-0.25, -0.2) is 13.1 Å². The van der Waals surface area contributed by atoms with Crippen molar-refractivity contribution in [2.45, 2.75) is 31.3 Å². The molecule has 3 aromatic rings. The summed E-state index contributed by atoms with van der Waals surface area (Å²) in [5, 5.41) is 6.42. The lowest BCUT2D eigenvalue weighted by Crippen LogP contribution is -2.23. The fraction of sp³-hybridized carbons (Fsp3) is 0.235. The summed E-state index contributed by atoms with van der Waals surface area (Å²) in [6, 6.07) is 13.3. The van der Waals surface area contributed by atoms with Crippen molar-refractivity contribution in [2.75, 3.05) is 0 Å². The fourth-order valence-electron chi connectivity index (χ4n) is 2.29. The Balaban J connectivity index is 1.99. The molecule has 1 N–H and O–H groups in total. The quantitative estimate of drug-likeness (QED) is 0.728. The van der Waals surface area contributed by atoms with Crippen molar-refractivity contribution in [3.8, 4) is 11.3 Å². The molecule has 24 heavy (non-hydrogen) atoms. The summed E-state index contributed by atoms with van der Waals surface area (Å²) in [5.41, 5.74) is 1.26. The lowest BCUT2D eigenvalue weighted by Gasteiger charge is -2.06. The van der Waals surface area contributed by atoms with Crippen LogP contribution in [0.4, 0.5) is 0 Å². The van der Waals surface area contributed by atoms with Crippen LogP contribution in [0, 0.1) is 0 Å². The highest BCUT2D eigenvalue weighted by atomic mass is 32.2. The maximum absolute atomic E-state index is 12.8. The van der Waals surface area contributed by atoms with Crippen LogP contribution in [-0.4, -0.2) is 18.2 Å². The van der Waals surface area contributed by atoms with Crippen molar-refractivity contribution >= 4 is 21.4 Å². The number of benzene rings is 1. The maximum Gasteiger partial charge on any atom is 0.244 e. The SMILES string of the molecule is CC(C)n1cc(S(=O)(=O)NCc2cccs2)c(-c2ccccc2)n1. The second-order valence-corrected chi connectivity index (χ2v) is 8.45. The average molecular weight is 361 g/mol. The summed E-state index contributed by atoms with van der Waals surface area (Å²) in [6.07, 6.45) is 1.60.